The predicted octanol–water partition coefficient (Wildman–Crippen LogP) is 3.66. The van der Waals surface area contributed by atoms with Gasteiger partial charge < -0.3 is 14.2 Å². The maximum Gasteiger partial charge on any atom is 0.309 e. The van der Waals surface area contributed by atoms with Gasteiger partial charge in [-0.25, -0.2) is 0 Å². The van der Waals surface area contributed by atoms with Crippen LogP contribution in [-0.2, 0) is 19.0 Å². The molecule has 1 aliphatic carbocycles. The van der Waals surface area contributed by atoms with Crippen LogP contribution in [0, 0.1) is 17.3 Å². The third-order valence-electron chi connectivity index (χ3n) is 4.45. The molecular formula is C17H28O4. The minimum atomic E-state index is -0.0946. The van der Waals surface area contributed by atoms with Gasteiger partial charge in [0.2, 0.25) is 0 Å². The van der Waals surface area contributed by atoms with Crippen LogP contribution in [0.25, 0.3) is 0 Å². The van der Waals surface area contributed by atoms with Crippen molar-refractivity contribution < 1.29 is 19.0 Å². The Morgan fingerprint density at radius 3 is 2.52 bits per heavy atom. The molecular weight excluding hydrogens is 268 g/mol. The Labute approximate surface area is 127 Å². The van der Waals surface area contributed by atoms with Gasteiger partial charge in [-0.2, -0.15) is 0 Å². The molecule has 0 bridgehead atoms. The fourth-order valence-electron chi connectivity index (χ4n) is 3.15. The van der Waals surface area contributed by atoms with Crippen LogP contribution in [0.15, 0.2) is 11.5 Å². The van der Waals surface area contributed by atoms with E-state index in [2.05, 4.69) is 20.8 Å². The summed E-state index contributed by atoms with van der Waals surface area (Å²) in [6.45, 7) is 7.79. The van der Waals surface area contributed by atoms with Gasteiger partial charge in [-0.3, -0.25) is 4.79 Å². The number of carbonyl (C=O) groups is 1. The molecule has 21 heavy (non-hydrogen) atoms. The molecule has 120 valence electrons. The summed E-state index contributed by atoms with van der Waals surface area (Å²) in [5.41, 5.74) is 1.22. The van der Waals surface area contributed by atoms with E-state index in [9.17, 15) is 4.79 Å². The molecule has 2 atom stereocenters. The Bertz CT molecular complexity index is 399. The largest absolute Gasteiger partial charge is 0.469 e. The summed E-state index contributed by atoms with van der Waals surface area (Å²) in [6, 6.07) is 0. The van der Waals surface area contributed by atoms with E-state index in [4.69, 9.17) is 14.2 Å². The fourth-order valence-corrected chi connectivity index (χ4v) is 3.15. The summed E-state index contributed by atoms with van der Waals surface area (Å²) in [7, 11) is 1.47. The number of rotatable bonds is 4. The Hall–Kier alpha value is -1.19. The van der Waals surface area contributed by atoms with Crippen LogP contribution in [0.1, 0.15) is 52.9 Å². The lowest BCUT2D eigenvalue weighted by molar-refractivity contribution is -0.146. The molecule has 4 heteroatoms. The van der Waals surface area contributed by atoms with Gasteiger partial charge in [-0.1, -0.05) is 33.6 Å². The first-order valence-corrected chi connectivity index (χ1v) is 8.02. The molecule has 1 saturated carbocycles. The first-order chi connectivity index (χ1) is 9.96. The predicted molar refractivity (Wildman–Crippen MR) is 80.5 cm³/mol. The van der Waals surface area contributed by atoms with Gasteiger partial charge in [0.15, 0.2) is 0 Å². The third kappa shape index (κ3) is 3.92. The second-order valence-electron chi connectivity index (χ2n) is 7.07. The summed E-state index contributed by atoms with van der Waals surface area (Å²) in [5, 5.41) is 0. The van der Waals surface area contributed by atoms with Crippen LogP contribution in [0.5, 0.6) is 0 Å². The van der Waals surface area contributed by atoms with Crippen molar-refractivity contribution in [3.63, 3.8) is 0 Å². The van der Waals surface area contributed by atoms with E-state index in [1.54, 1.807) is 0 Å². The monoisotopic (exact) mass is 296 g/mol. The molecule has 0 N–H and O–H groups in total. The standard InChI is InChI=1S/C17H28O4/c1-5-6-7-12-8-13(9-14(12)15(18)19-4)16-20-10-17(2,3)11-21-16/h12,14H,5-11H2,1-4H3/t12-,14-/m1/s1. The van der Waals surface area contributed by atoms with Crippen molar-refractivity contribution in [2.24, 2.45) is 17.3 Å². The number of hydrogen-bond acceptors (Lipinski definition) is 4. The number of carbonyl (C=O) groups excluding carboxylic acids is 1. The van der Waals surface area contributed by atoms with Crippen LogP contribution in [0.2, 0.25) is 0 Å². The molecule has 2 aliphatic rings. The molecule has 2 fully saturated rings. The zero-order valence-electron chi connectivity index (χ0n) is 13.7. The Kier molecular flexibility index (Phi) is 5.17. The van der Waals surface area contributed by atoms with Crippen molar-refractivity contribution in [3.05, 3.63) is 11.5 Å². The SMILES string of the molecule is CCCC[C@@H]1CC(=C2OCC(C)(C)CO2)C[C@H]1C(=O)OC. The molecule has 1 saturated heterocycles. The second-order valence-corrected chi connectivity index (χ2v) is 7.07. The summed E-state index contributed by atoms with van der Waals surface area (Å²) in [4.78, 5) is 12.0. The normalized spacial score (nSPS) is 28.0. The molecule has 2 rings (SSSR count). The number of unbranched alkanes of at least 4 members (excludes halogenated alkanes) is 1. The van der Waals surface area contributed by atoms with Crippen molar-refractivity contribution in [2.75, 3.05) is 20.3 Å². The van der Waals surface area contributed by atoms with Gasteiger partial charge in [0.1, 0.15) is 0 Å². The maximum absolute atomic E-state index is 12.0. The number of ether oxygens (including phenoxy) is 3. The highest BCUT2D eigenvalue weighted by Gasteiger charge is 2.39. The highest BCUT2D eigenvalue weighted by atomic mass is 16.7. The fraction of sp³-hybridized carbons (Fsp3) is 0.824. The Morgan fingerprint density at radius 1 is 1.29 bits per heavy atom. The van der Waals surface area contributed by atoms with Gasteiger partial charge in [0.25, 0.3) is 5.95 Å². The number of allylic oxidation sites excluding steroid dienone is 1. The highest BCUT2D eigenvalue weighted by molar-refractivity contribution is 5.73. The zero-order valence-corrected chi connectivity index (χ0v) is 13.7. The average Bonchev–Trinajstić information content (AvgIpc) is 2.88. The van der Waals surface area contributed by atoms with Gasteiger partial charge in [0, 0.05) is 11.0 Å². The van der Waals surface area contributed by atoms with Crippen LogP contribution in [-0.4, -0.2) is 26.3 Å². The number of methoxy groups -OCH3 is 1. The van der Waals surface area contributed by atoms with E-state index in [1.165, 1.54) is 7.11 Å². The Morgan fingerprint density at radius 2 is 1.95 bits per heavy atom. The van der Waals surface area contributed by atoms with Crippen LogP contribution in [0.3, 0.4) is 0 Å². The third-order valence-corrected chi connectivity index (χ3v) is 4.45. The van der Waals surface area contributed by atoms with E-state index in [0.29, 0.717) is 25.1 Å². The smallest absolute Gasteiger partial charge is 0.309 e. The molecule has 0 amide bonds. The summed E-state index contributed by atoms with van der Waals surface area (Å²) in [6.07, 6.45) is 4.98. The lowest BCUT2D eigenvalue weighted by Gasteiger charge is -2.32. The molecule has 0 radical (unpaired) electrons. The topological polar surface area (TPSA) is 44.8 Å². The first kappa shape index (κ1) is 16.2. The van der Waals surface area contributed by atoms with E-state index >= 15 is 0 Å². The van der Waals surface area contributed by atoms with Crippen molar-refractivity contribution in [1.82, 2.24) is 0 Å². The lowest BCUT2D eigenvalue weighted by atomic mass is 9.91. The van der Waals surface area contributed by atoms with Crippen molar-refractivity contribution in [3.8, 4) is 0 Å². The van der Waals surface area contributed by atoms with Crippen molar-refractivity contribution in [2.45, 2.75) is 52.9 Å². The first-order valence-electron chi connectivity index (χ1n) is 8.02. The average molecular weight is 296 g/mol. The minimum Gasteiger partial charge on any atom is -0.469 e. The second kappa shape index (κ2) is 6.71. The quantitative estimate of drug-likeness (QED) is 0.743. The number of esters is 1. The number of hydrogen-bond donors (Lipinski definition) is 0. The van der Waals surface area contributed by atoms with E-state index < -0.39 is 0 Å². The van der Waals surface area contributed by atoms with Gasteiger partial charge >= 0.3 is 5.97 Å². The summed E-state index contributed by atoms with van der Waals surface area (Å²) < 4.78 is 16.6. The zero-order chi connectivity index (χ0) is 15.5. The van der Waals surface area contributed by atoms with Crippen LogP contribution < -0.4 is 0 Å². The molecule has 0 unspecified atom stereocenters. The van der Waals surface area contributed by atoms with Gasteiger partial charge in [-0.15, -0.1) is 0 Å². The van der Waals surface area contributed by atoms with Crippen LogP contribution >= 0.6 is 0 Å². The van der Waals surface area contributed by atoms with E-state index in [-0.39, 0.29) is 17.3 Å². The molecule has 0 aromatic carbocycles. The van der Waals surface area contributed by atoms with E-state index in [1.807, 2.05) is 0 Å². The van der Waals surface area contributed by atoms with Crippen molar-refractivity contribution in [1.29, 1.82) is 0 Å². The lowest BCUT2D eigenvalue weighted by Crippen LogP contribution is -2.31. The van der Waals surface area contributed by atoms with Gasteiger partial charge in [-0.05, 0) is 25.2 Å². The van der Waals surface area contributed by atoms with Gasteiger partial charge in [0.05, 0.1) is 26.2 Å². The van der Waals surface area contributed by atoms with Crippen molar-refractivity contribution >= 4 is 5.97 Å². The molecule has 1 heterocycles. The molecule has 0 aromatic heterocycles. The maximum atomic E-state index is 12.0. The van der Waals surface area contributed by atoms with Crippen LogP contribution in [0.4, 0.5) is 0 Å². The molecule has 4 nitrogen and oxygen atoms in total. The molecule has 1 aliphatic heterocycles. The van der Waals surface area contributed by atoms with E-state index in [0.717, 1.165) is 37.7 Å². The Balaban J connectivity index is 2.07. The minimum absolute atomic E-state index is 0.0359. The summed E-state index contributed by atoms with van der Waals surface area (Å²) >= 11 is 0. The molecule has 0 spiro atoms. The highest BCUT2D eigenvalue weighted by Crippen LogP contribution is 2.42. The molecule has 0 aromatic rings. The summed E-state index contributed by atoms with van der Waals surface area (Å²) in [5.74, 6) is 0.901.